The quantitative estimate of drug-likeness (QED) is 0.292. The fourth-order valence-electron chi connectivity index (χ4n) is 2.06. The molecule has 0 saturated heterocycles. The molecule has 1 aromatic heterocycles. The van der Waals surface area contributed by atoms with Gasteiger partial charge in [-0.1, -0.05) is 26.2 Å². The number of hydrogen-bond acceptors (Lipinski definition) is 2. The normalized spacial score (nSPS) is 12.0. The van der Waals surface area contributed by atoms with E-state index in [9.17, 15) is 13.2 Å². The number of aromatic nitrogens is 2. The topological polar surface area (TPSA) is 54.2 Å². The summed E-state index contributed by atoms with van der Waals surface area (Å²) in [7, 11) is 3.06. The summed E-state index contributed by atoms with van der Waals surface area (Å²) in [5, 5.41) is 9.45. The molecule has 1 heterocycles. The van der Waals surface area contributed by atoms with Crippen LogP contribution in [0.15, 0.2) is 11.2 Å². The van der Waals surface area contributed by atoms with Crippen LogP contribution in [0.5, 0.6) is 0 Å². The summed E-state index contributed by atoms with van der Waals surface area (Å²) in [5.41, 5.74) is -0.759. The highest BCUT2D eigenvalue weighted by Crippen LogP contribution is 2.30. The lowest BCUT2D eigenvalue weighted by molar-refractivity contribution is -0.142. The summed E-state index contributed by atoms with van der Waals surface area (Å²) in [4.78, 5) is 4.01. The van der Waals surface area contributed by atoms with Crippen molar-refractivity contribution in [2.75, 3.05) is 13.6 Å². The van der Waals surface area contributed by atoms with Gasteiger partial charge in [-0.2, -0.15) is 18.3 Å². The molecule has 1 rings (SSSR count). The van der Waals surface area contributed by atoms with E-state index in [-0.39, 0.29) is 36.1 Å². The molecule has 0 aliphatic rings. The van der Waals surface area contributed by atoms with Gasteiger partial charge in [0.2, 0.25) is 0 Å². The van der Waals surface area contributed by atoms with Crippen molar-refractivity contribution < 1.29 is 13.2 Å². The van der Waals surface area contributed by atoms with Gasteiger partial charge in [0.15, 0.2) is 11.7 Å². The van der Waals surface area contributed by atoms with E-state index in [0.29, 0.717) is 5.96 Å². The van der Waals surface area contributed by atoms with E-state index in [1.165, 1.54) is 24.3 Å². The number of guanidine groups is 1. The molecular weight excluding hydrogens is 422 g/mol. The highest BCUT2D eigenvalue weighted by atomic mass is 127. The third-order valence-corrected chi connectivity index (χ3v) is 3.17. The SMILES string of the molecule is CCCCCCNC(=NC)NCc1cn(C)nc1C(F)(F)F.I. The second-order valence-electron chi connectivity index (χ2n) is 5.09. The van der Waals surface area contributed by atoms with Crippen molar-refractivity contribution in [3.63, 3.8) is 0 Å². The van der Waals surface area contributed by atoms with Gasteiger partial charge >= 0.3 is 6.18 Å². The van der Waals surface area contributed by atoms with Crippen LogP contribution in [0.4, 0.5) is 13.2 Å². The van der Waals surface area contributed by atoms with Gasteiger partial charge in [0.1, 0.15) is 0 Å². The van der Waals surface area contributed by atoms with Crippen LogP contribution in [0, 0.1) is 0 Å². The molecule has 0 aliphatic carbocycles. The summed E-state index contributed by atoms with van der Waals surface area (Å²) < 4.78 is 39.7. The average Bonchev–Trinajstić information content (AvgIpc) is 2.83. The lowest BCUT2D eigenvalue weighted by Crippen LogP contribution is -2.37. The minimum Gasteiger partial charge on any atom is -0.356 e. The van der Waals surface area contributed by atoms with Gasteiger partial charge in [-0.25, -0.2) is 0 Å². The molecule has 23 heavy (non-hydrogen) atoms. The molecule has 9 heteroatoms. The number of aryl methyl sites for hydroxylation is 1. The summed E-state index contributed by atoms with van der Waals surface area (Å²) in [5.74, 6) is 0.494. The standard InChI is InChI=1S/C14H24F3N5.HI/c1-4-5-6-7-8-19-13(18-2)20-9-11-10-22(3)21-12(11)14(15,16)17;/h10H,4-9H2,1-3H3,(H2,18,19,20);1H. The molecule has 0 aromatic carbocycles. The summed E-state index contributed by atoms with van der Waals surface area (Å²) >= 11 is 0. The fourth-order valence-corrected chi connectivity index (χ4v) is 2.06. The molecule has 0 atom stereocenters. The van der Waals surface area contributed by atoms with E-state index in [2.05, 4.69) is 27.6 Å². The molecule has 0 fully saturated rings. The van der Waals surface area contributed by atoms with Crippen LogP contribution in [-0.2, 0) is 19.8 Å². The van der Waals surface area contributed by atoms with Crippen molar-refractivity contribution in [1.82, 2.24) is 20.4 Å². The van der Waals surface area contributed by atoms with Gasteiger partial charge in [-0.05, 0) is 6.42 Å². The zero-order valence-corrected chi connectivity index (χ0v) is 16.0. The van der Waals surface area contributed by atoms with Gasteiger partial charge < -0.3 is 10.6 Å². The van der Waals surface area contributed by atoms with Crippen molar-refractivity contribution in [2.45, 2.75) is 45.3 Å². The molecule has 0 amide bonds. The maximum absolute atomic E-state index is 12.8. The Morgan fingerprint density at radius 1 is 1.26 bits per heavy atom. The Kier molecular flexibility index (Phi) is 10.2. The number of unbranched alkanes of at least 4 members (excludes halogenated alkanes) is 3. The third kappa shape index (κ3) is 7.89. The second-order valence-corrected chi connectivity index (χ2v) is 5.09. The predicted octanol–water partition coefficient (Wildman–Crippen LogP) is 3.30. The molecule has 5 nitrogen and oxygen atoms in total. The zero-order valence-electron chi connectivity index (χ0n) is 13.7. The molecule has 134 valence electrons. The van der Waals surface area contributed by atoms with Crippen LogP contribution in [0.3, 0.4) is 0 Å². The Morgan fingerprint density at radius 2 is 1.96 bits per heavy atom. The minimum absolute atomic E-state index is 0. The first-order chi connectivity index (χ1) is 10.4. The number of hydrogen-bond donors (Lipinski definition) is 2. The van der Waals surface area contributed by atoms with Gasteiger partial charge in [0.25, 0.3) is 0 Å². The molecule has 0 radical (unpaired) electrons. The lowest BCUT2D eigenvalue weighted by atomic mass is 10.2. The van der Waals surface area contributed by atoms with Crippen molar-refractivity contribution in [1.29, 1.82) is 0 Å². The Bertz CT molecular complexity index is 485. The molecule has 0 saturated carbocycles. The third-order valence-electron chi connectivity index (χ3n) is 3.17. The van der Waals surface area contributed by atoms with Gasteiger partial charge in [0, 0.05) is 38.9 Å². The van der Waals surface area contributed by atoms with Crippen LogP contribution in [0.2, 0.25) is 0 Å². The zero-order chi connectivity index (χ0) is 16.6. The van der Waals surface area contributed by atoms with E-state index >= 15 is 0 Å². The number of halogens is 4. The smallest absolute Gasteiger partial charge is 0.356 e. The van der Waals surface area contributed by atoms with E-state index in [0.717, 1.165) is 25.8 Å². The van der Waals surface area contributed by atoms with Crippen molar-refractivity contribution in [3.8, 4) is 0 Å². The molecule has 0 bridgehead atoms. The largest absolute Gasteiger partial charge is 0.435 e. The number of aliphatic imine (C=N–C) groups is 1. The van der Waals surface area contributed by atoms with E-state index in [4.69, 9.17) is 0 Å². The molecule has 0 unspecified atom stereocenters. The van der Waals surface area contributed by atoms with Gasteiger partial charge in [-0.15, -0.1) is 24.0 Å². The molecule has 1 aromatic rings. The van der Waals surface area contributed by atoms with Crippen molar-refractivity contribution in [3.05, 3.63) is 17.5 Å². The van der Waals surface area contributed by atoms with Crippen LogP contribution >= 0.6 is 24.0 Å². The maximum Gasteiger partial charge on any atom is 0.435 e. The Hall–Kier alpha value is -1.00. The molecular formula is C14H25F3IN5. The number of nitrogens with one attached hydrogen (secondary N) is 2. The van der Waals surface area contributed by atoms with Crippen molar-refractivity contribution in [2.24, 2.45) is 12.0 Å². The highest BCUT2D eigenvalue weighted by Gasteiger charge is 2.36. The van der Waals surface area contributed by atoms with Crippen LogP contribution in [-0.4, -0.2) is 29.3 Å². The Labute approximate surface area is 152 Å². The summed E-state index contributed by atoms with van der Waals surface area (Å²) in [6.45, 7) is 2.91. The first kappa shape index (κ1) is 22.0. The highest BCUT2D eigenvalue weighted by molar-refractivity contribution is 14.0. The van der Waals surface area contributed by atoms with Crippen LogP contribution in [0.1, 0.15) is 43.9 Å². The fraction of sp³-hybridized carbons (Fsp3) is 0.714. The van der Waals surface area contributed by atoms with E-state index in [1.54, 1.807) is 7.05 Å². The Balaban J connectivity index is 0.00000484. The summed E-state index contributed by atoms with van der Waals surface area (Å²) in [6.07, 6.45) is 1.39. The predicted molar refractivity (Wildman–Crippen MR) is 96.0 cm³/mol. The van der Waals surface area contributed by atoms with E-state index in [1.807, 2.05) is 0 Å². The number of alkyl halides is 3. The lowest BCUT2D eigenvalue weighted by Gasteiger charge is -2.12. The number of rotatable bonds is 7. The first-order valence-corrected chi connectivity index (χ1v) is 7.42. The van der Waals surface area contributed by atoms with Gasteiger partial charge in [-0.3, -0.25) is 9.67 Å². The second kappa shape index (κ2) is 10.7. The average molecular weight is 447 g/mol. The van der Waals surface area contributed by atoms with E-state index < -0.39 is 11.9 Å². The number of nitrogens with zero attached hydrogens (tertiary/aromatic N) is 3. The first-order valence-electron chi connectivity index (χ1n) is 7.42. The van der Waals surface area contributed by atoms with Crippen LogP contribution in [0.25, 0.3) is 0 Å². The van der Waals surface area contributed by atoms with Crippen LogP contribution < -0.4 is 10.6 Å². The molecule has 0 spiro atoms. The maximum atomic E-state index is 12.8. The molecule has 2 N–H and O–H groups in total. The monoisotopic (exact) mass is 447 g/mol. The Morgan fingerprint density at radius 3 is 2.52 bits per heavy atom. The minimum atomic E-state index is -4.45. The van der Waals surface area contributed by atoms with Gasteiger partial charge in [0.05, 0.1) is 0 Å². The molecule has 0 aliphatic heterocycles. The summed E-state index contributed by atoms with van der Waals surface area (Å²) in [6, 6.07) is 0. The van der Waals surface area contributed by atoms with Crippen molar-refractivity contribution >= 4 is 29.9 Å².